The summed E-state index contributed by atoms with van der Waals surface area (Å²) in [7, 11) is -4.00. The number of rotatable bonds is 2. The molecule has 6 heteroatoms. The third kappa shape index (κ3) is 7.25. The summed E-state index contributed by atoms with van der Waals surface area (Å²) >= 11 is 0. The second-order valence-corrected chi connectivity index (χ2v) is 3.53. The number of hydrogen-bond donors (Lipinski definition) is 2. The molecular formula is C8H12NNaO3S. The molecule has 0 fully saturated rings. The van der Waals surface area contributed by atoms with Crippen LogP contribution < -0.4 is 35.7 Å². The van der Waals surface area contributed by atoms with Gasteiger partial charge in [0.25, 0.3) is 10.1 Å². The van der Waals surface area contributed by atoms with E-state index in [-0.39, 0.29) is 37.1 Å². The molecule has 0 saturated carbocycles. The Kier molecular flexibility index (Phi) is 8.33. The van der Waals surface area contributed by atoms with E-state index >= 15 is 0 Å². The van der Waals surface area contributed by atoms with Crippen molar-refractivity contribution in [2.24, 2.45) is 0 Å². The molecule has 74 valence electrons. The fourth-order valence-corrected chi connectivity index (χ4v) is 1.06. The van der Waals surface area contributed by atoms with Gasteiger partial charge in [-0.05, 0) is 11.6 Å². The van der Waals surface area contributed by atoms with E-state index in [1.807, 2.05) is 6.07 Å². The molecule has 0 saturated heterocycles. The van der Waals surface area contributed by atoms with Gasteiger partial charge in [0.1, 0.15) is 0 Å². The first-order valence-corrected chi connectivity index (χ1v) is 4.79. The Morgan fingerprint density at radius 1 is 1.21 bits per heavy atom. The van der Waals surface area contributed by atoms with E-state index in [0.29, 0.717) is 0 Å². The predicted octanol–water partition coefficient (Wildman–Crippen LogP) is -1.18. The van der Waals surface area contributed by atoms with E-state index in [1.165, 1.54) is 6.08 Å². The molecule has 0 heterocycles. The topological polar surface area (TPSA) is 89.4 Å². The minimum absolute atomic E-state index is 0. The molecule has 1 aromatic carbocycles. The fourth-order valence-electron chi connectivity index (χ4n) is 0.729. The van der Waals surface area contributed by atoms with Crippen LogP contribution in [0.2, 0.25) is 0 Å². The standard InChI is InChI=1S/C8H8O3S.H3N.Na.H/c9-12(10,11)7-6-8-4-2-1-3-5-8;;;/h1-7H,(H,9,10,11);1H3;;/q;;+1;-1. The molecule has 0 bridgehead atoms. The molecule has 1 rings (SSSR count). The Labute approximate surface area is 107 Å². The van der Waals surface area contributed by atoms with Gasteiger partial charge in [-0.1, -0.05) is 30.3 Å². The van der Waals surface area contributed by atoms with Crippen LogP contribution in [0.1, 0.15) is 6.99 Å². The molecule has 0 aliphatic heterocycles. The zero-order chi connectivity index (χ0) is 9.03. The van der Waals surface area contributed by atoms with Crippen LogP contribution in [0.4, 0.5) is 0 Å². The van der Waals surface area contributed by atoms with Crippen LogP contribution >= 0.6 is 0 Å². The van der Waals surface area contributed by atoms with Gasteiger partial charge in [0, 0.05) is 0 Å². The summed E-state index contributed by atoms with van der Waals surface area (Å²) in [4.78, 5) is 0. The van der Waals surface area contributed by atoms with Gasteiger partial charge < -0.3 is 7.58 Å². The van der Waals surface area contributed by atoms with E-state index < -0.39 is 10.1 Å². The van der Waals surface area contributed by atoms with Gasteiger partial charge in [0.2, 0.25) is 0 Å². The molecule has 0 radical (unpaired) electrons. The van der Waals surface area contributed by atoms with E-state index in [0.717, 1.165) is 11.0 Å². The molecule has 4 N–H and O–H groups in total. The first-order chi connectivity index (χ1) is 5.58. The molecular weight excluding hydrogens is 213 g/mol. The largest absolute Gasteiger partial charge is 1.00 e. The molecule has 0 aromatic heterocycles. The van der Waals surface area contributed by atoms with Crippen molar-refractivity contribution in [1.82, 2.24) is 6.15 Å². The van der Waals surface area contributed by atoms with Crippen LogP contribution in [0, 0.1) is 0 Å². The maximum absolute atomic E-state index is 10.3. The average Bonchev–Trinajstić information content (AvgIpc) is 2.02. The van der Waals surface area contributed by atoms with Crippen molar-refractivity contribution in [2.45, 2.75) is 0 Å². The first kappa shape index (κ1) is 16.3. The fraction of sp³-hybridized carbons (Fsp3) is 0. The van der Waals surface area contributed by atoms with Gasteiger partial charge in [0.05, 0.1) is 5.41 Å². The van der Waals surface area contributed by atoms with Crippen LogP contribution in [0.15, 0.2) is 35.7 Å². The van der Waals surface area contributed by atoms with Gasteiger partial charge in [0.15, 0.2) is 0 Å². The normalized spacial score (nSPS) is 10.4. The van der Waals surface area contributed by atoms with Crippen molar-refractivity contribution < 1.29 is 44.0 Å². The minimum Gasteiger partial charge on any atom is -1.00 e. The maximum atomic E-state index is 10.3. The summed E-state index contributed by atoms with van der Waals surface area (Å²) in [5, 5.41) is 0.752. The molecule has 0 atom stereocenters. The van der Waals surface area contributed by atoms with Crippen LogP contribution in [0.5, 0.6) is 0 Å². The first-order valence-electron chi connectivity index (χ1n) is 3.28. The van der Waals surface area contributed by atoms with Crippen molar-refractivity contribution >= 4 is 16.2 Å². The Hall–Kier alpha value is -0.170. The van der Waals surface area contributed by atoms with Crippen LogP contribution in [0.3, 0.4) is 0 Å². The summed E-state index contributed by atoms with van der Waals surface area (Å²) < 4.78 is 28.9. The van der Waals surface area contributed by atoms with E-state index in [9.17, 15) is 8.42 Å². The maximum Gasteiger partial charge on any atom is 1.00 e. The zero-order valence-corrected chi connectivity index (χ0v) is 10.7. The second-order valence-electron chi connectivity index (χ2n) is 2.23. The number of benzene rings is 1. The Morgan fingerprint density at radius 2 is 1.71 bits per heavy atom. The summed E-state index contributed by atoms with van der Waals surface area (Å²) in [5.74, 6) is 0. The Balaban J connectivity index is -0.000000480. The Bertz CT molecular complexity index is 380. The summed E-state index contributed by atoms with van der Waals surface area (Å²) in [5.41, 5.74) is 0.732. The second kappa shape index (κ2) is 7.17. The van der Waals surface area contributed by atoms with Crippen LogP contribution in [-0.2, 0) is 10.1 Å². The van der Waals surface area contributed by atoms with Gasteiger partial charge >= 0.3 is 29.6 Å². The molecule has 1 aromatic rings. The van der Waals surface area contributed by atoms with E-state index in [2.05, 4.69) is 0 Å². The average molecular weight is 225 g/mol. The molecule has 4 nitrogen and oxygen atoms in total. The van der Waals surface area contributed by atoms with Gasteiger partial charge in [-0.3, -0.25) is 4.55 Å². The minimum atomic E-state index is -4.00. The molecule has 0 unspecified atom stereocenters. The van der Waals surface area contributed by atoms with Crippen LogP contribution in [0.25, 0.3) is 6.08 Å². The van der Waals surface area contributed by atoms with Gasteiger partial charge in [-0.15, -0.1) is 0 Å². The smallest absolute Gasteiger partial charge is 1.00 e. The molecule has 0 aliphatic rings. The number of hydrogen-bond acceptors (Lipinski definition) is 3. The SMILES string of the molecule is N.O=S(=O)(O)C=Cc1ccccc1.[H-].[Na+]. The van der Waals surface area contributed by atoms with Gasteiger partial charge in [-0.25, -0.2) is 0 Å². The zero-order valence-electron chi connectivity index (χ0n) is 8.92. The van der Waals surface area contributed by atoms with Crippen molar-refractivity contribution in [3.8, 4) is 0 Å². The van der Waals surface area contributed by atoms with Crippen molar-refractivity contribution in [1.29, 1.82) is 0 Å². The van der Waals surface area contributed by atoms with Gasteiger partial charge in [-0.2, -0.15) is 8.42 Å². The molecule has 14 heavy (non-hydrogen) atoms. The van der Waals surface area contributed by atoms with E-state index in [4.69, 9.17) is 4.55 Å². The van der Waals surface area contributed by atoms with E-state index in [1.54, 1.807) is 24.3 Å². The molecule has 0 amide bonds. The quantitative estimate of drug-likeness (QED) is 0.490. The molecule has 0 aliphatic carbocycles. The predicted molar refractivity (Wildman–Crippen MR) is 53.2 cm³/mol. The van der Waals surface area contributed by atoms with Crippen molar-refractivity contribution in [2.75, 3.05) is 0 Å². The summed E-state index contributed by atoms with van der Waals surface area (Å²) in [6.07, 6.45) is 1.33. The van der Waals surface area contributed by atoms with Crippen molar-refractivity contribution in [3.63, 3.8) is 0 Å². The Morgan fingerprint density at radius 3 is 2.14 bits per heavy atom. The summed E-state index contributed by atoms with van der Waals surface area (Å²) in [6, 6.07) is 8.86. The van der Waals surface area contributed by atoms with Crippen LogP contribution in [-0.4, -0.2) is 13.0 Å². The monoisotopic (exact) mass is 225 g/mol. The van der Waals surface area contributed by atoms with Crippen molar-refractivity contribution in [3.05, 3.63) is 41.3 Å². The third-order valence-electron chi connectivity index (χ3n) is 1.23. The summed E-state index contributed by atoms with van der Waals surface area (Å²) in [6.45, 7) is 0. The molecule has 0 spiro atoms. The third-order valence-corrected chi connectivity index (χ3v) is 1.71.